The van der Waals surface area contributed by atoms with Crippen LogP contribution in [0.1, 0.15) is 71.9 Å². The van der Waals surface area contributed by atoms with E-state index in [-0.39, 0.29) is 29.9 Å². The first-order valence-corrected chi connectivity index (χ1v) is 10.7. The van der Waals surface area contributed by atoms with E-state index in [4.69, 9.17) is 4.74 Å². The molecule has 1 heterocycles. The Labute approximate surface area is 179 Å². The van der Waals surface area contributed by atoms with Gasteiger partial charge in [-0.3, -0.25) is 14.5 Å². The van der Waals surface area contributed by atoms with Gasteiger partial charge in [0.15, 0.2) is 0 Å². The summed E-state index contributed by atoms with van der Waals surface area (Å²) in [6.45, 7) is 12.5. The lowest BCUT2D eigenvalue weighted by Crippen LogP contribution is -2.54. The van der Waals surface area contributed by atoms with Crippen LogP contribution in [0.5, 0.6) is 0 Å². The molecule has 1 N–H and O–H groups in total. The molecule has 0 aromatic heterocycles. The van der Waals surface area contributed by atoms with Gasteiger partial charge >= 0.3 is 12.0 Å². The van der Waals surface area contributed by atoms with Crippen LogP contribution in [0.2, 0.25) is 0 Å². The first-order valence-electron chi connectivity index (χ1n) is 10.7. The van der Waals surface area contributed by atoms with Gasteiger partial charge in [0.1, 0.15) is 18.7 Å². The summed E-state index contributed by atoms with van der Waals surface area (Å²) in [7, 11) is 0. The quantitative estimate of drug-likeness (QED) is 0.593. The molecule has 0 unspecified atom stereocenters. The van der Waals surface area contributed by atoms with Crippen LogP contribution in [0.4, 0.5) is 4.79 Å². The molecule has 1 saturated carbocycles. The van der Waals surface area contributed by atoms with Crippen LogP contribution in [-0.4, -0.2) is 34.9 Å². The van der Waals surface area contributed by atoms with E-state index < -0.39 is 17.5 Å². The Hall–Kier alpha value is -2.37. The molecule has 1 aromatic rings. The SMILES string of the molecule is C[C@@H]1CC(C)(C)C[C@@]2(C1)NC(=O)N(CC(=O)OCc1ccc(C(C)(C)C)cc1)C2=O. The van der Waals surface area contributed by atoms with E-state index in [9.17, 15) is 14.4 Å². The van der Waals surface area contributed by atoms with Crippen LogP contribution in [0.15, 0.2) is 24.3 Å². The molecule has 0 bridgehead atoms. The number of amides is 3. The normalized spacial score (nSPS) is 26.1. The molecule has 3 rings (SSSR count). The summed E-state index contributed by atoms with van der Waals surface area (Å²) in [4.78, 5) is 39.0. The molecule has 1 aliphatic heterocycles. The molecule has 1 aliphatic carbocycles. The second-order valence-electron chi connectivity index (χ2n) is 10.9. The van der Waals surface area contributed by atoms with Crippen molar-refractivity contribution in [1.29, 1.82) is 0 Å². The fourth-order valence-electron chi connectivity index (χ4n) is 5.09. The van der Waals surface area contributed by atoms with Crippen LogP contribution in [0, 0.1) is 11.3 Å². The highest BCUT2D eigenvalue weighted by molar-refractivity contribution is 6.08. The van der Waals surface area contributed by atoms with Gasteiger partial charge in [-0.2, -0.15) is 0 Å². The summed E-state index contributed by atoms with van der Waals surface area (Å²) in [5.41, 5.74) is 1.18. The van der Waals surface area contributed by atoms with Crippen molar-refractivity contribution in [2.75, 3.05) is 6.54 Å². The first-order chi connectivity index (χ1) is 13.8. The molecule has 2 fully saturated rings. The van der Waals surface area contributed by atoms with Gasteiger partial charge in [-0.25, -0.2) is 4.79 Å². The standard InChI is InChI=1S/C24H34N2O4/c1-16-11-23(5,6)15-24(12-16)20(28)26(21(29)25-24)13-19(27)30-14-17-7-9-18(10-8-17)22(2,3)4/h7-10,16H,11-15H2,1-6H3,(H,25,29)/t16-,24-/m1/s1. The van der Waals surface area contributed by atoms with E-state index in [1.807, 2.05) is 24.3 Å². The van der Waals surface area contributed by atoms with Crippen molar-refractivity contribution >= 4 is 17.9 Å². The van der Waals surface area contributed by atoms with E-state index in [1.54, 1.807) is 0 Å². The summed E-state index contributed by atoms with van der Waals surface area (Å²) in [5, 5.41) is 2.88. The van der Waals surface area contributed by atoms with Crippen molar-refractivity contribution in [2.24, 2.45) is 11.3 Å². The maximum absolute atomic E-state index is 13.1. The second kappa shape index (κ2) is 7.71. The minimum Gasteiger partial charge on any atom is -0.459 e. The zero-order valence-corrected chi connectivity index (χ0v) is 19.0. The van der Waals surface area contributed by atoms with Gasteiger partial charge in [-0.1, -0.05) is 65.8 Å². The highest BCUT2D eigenvalue weighted by Gasteiger charge is 2.56. The number of urea groups is 1. The van der Waals surface area contributed by atoms with Crippen molar-refractivity contribution < 1.29 is 19.1 Å². The number of carbonyl (C=O) groups is 3. The van der Waals surface area contributed by atoms with Crippen molar-refractivity contribution in [3.8, 4) is 0 Å². The molecule has 2 atom stereocenters. The summed E-state index contributed by atoms with van der Waals surface area (Å²) >= 11 is 0. The lowest BCUT2D eigenvalue weighted by atomic mass is 9.64. The number of imide groups is 1. The zero-order chi connectivity index (χ0) is 22.3. The molecule has 30 heavy (non-hydrogen) atoms. The third kappa shape index (κ3) is 4.68. The molecule has 0 radical (unpaired) electrons. The third-order valence-corrected chi connectivity index (χ3v) is 6.13. The van der Waals surface area contributed by atoms with Gasteiger partial charge < -0.3 is 10.1 Å². The minimum atomic E-state index is -0.901. The summed E-state index contributed by atoms with van der Waals surface area (Å²) < 4.78 is 5.34. The van der Waals surface area contributed by atoms with Gasteiger partial charge in [0.05, 0.1) is 0 Å². The third-order valence-electron chi connectivity index (χ3n) is 6.13. The van der Waals surface area contributed by atoms with Crippen LogP contribution < -0.4 is 5.32 Å². The molecule has 3 amide bonds. The smallest absolute Gasteiger partial charge is 0.326 e. The predicted molar refractivity (Wildman–Crippen MR) is 115 cm³/mol. The lowest BCUT2D eigenvalue weighted by molar-refractivity contribution is -0.149. The van der Waals surface area contributed by atoms with E-state index in [1.165, 1.54) is 5.56 Å². The predicted octanol–water partition coefficient (Wildman–Crippen LogP) is 4.16. The van der Waals surface area contributed by atoms with Crippen molar-refractivity contribution in [3.63, 3.8) is 0 Å². The maximum atomic E-state index is 13.1. The van der Waals surface area contributed by atoms with Crippen molar-refractivity contribution in [1.82, 2.24) is 10.2 Å². The van der Waals surface area contributed by atoms with E-state index in [0.29, 0.717) is 18.8 Å². The highest BCUT2D eigenvalue weighted by atomic mass is 16.5. The van der Waals surface area contributed by atoms with Crippen molar-refractivity contribution in [3.05, 3.63) is 35.4 Å². The zero-order valence-electron chi connectivity index (χ0n) is 19.0. The summed E-state index contributed by atoms with van der Waals surface area (Å²) in [6, 6.07) is 7.41. The van der Waals surface area contributed by atoms with Gasteiger partial charge in [-0.15, -0.1) is 0 Å². The van der Waals surface area contributed by atoms with Gasteiger partial charge in [0, 0.05) is 0 Å². The monoisotopic (exact) mass is 414 g/mol. The minimum absolute atomic E-state index is 0.0453. The Bertz CT molecular complexity index is 838. The van der Waals surface area contributed by atoms with E-state index >= 15 is 0 Å². The van der Waals surface area contributed by atoms with Crippen LogP contribution in [0.3, 0.4) is 0 Å². The fourth-order valence-corrected chi connectivity index (χ4v) is 5.09. The highest BCUT2D eigenvalue weighted by Crippen LogP contribution is 2.46. The van der Waals surface area contributed by atoms with Gasteiger partial charge in [-0.05, 0) is 47.1 Å². The van der Waals surface area contributed by atoms with E-state index in [2.05, 4.69) is 46.9 Å². The number of nitrogens with one attached hydrogen (secondary N) is 1. The molecule has 1 aromatic carbocycles. The number of ether oxygens (including phenoxy) is 1. The topological polar surface area (TPSA) is 75.7 Å². The number of carbonyl (C=O) groups excluding carboxylic acids is 3. The summed E-state index contributed by atoms with van der Waals surface area (Å²) in [5.74, 6) is -0.571. The summed E-state index contributed by atoms with van der Waals surface area (Å²) in [6.07, 6.45) is 2.20. The van der Waals surface area contributed by atoms with Crippen LogP contribution in [-0.2, 0) is 26.3 Å². The molecule has 164 valence electrons. The second-order valence-corrected chi connectivity index (χ2v) is 10.9. The van der Waals surface area contributed by atoms with Gasteiger partial charge in [0.2, 0.25) is 0 Å². The Balaban J connectivity index is 1.60. The molecule has 6 heteroatoms. The molecular weight excluding hydrogens is 380 g/mol. The average Bonchev–Trinajstić information content (AvgIpc) is 2.81. The number of hydrogen-bond donors (Lipinski definition) is 1. The molecule has 1 saturated heterocycles. The Kier molecular flexibility index (Phi) is 5.74. The Morgan fingerprint density at radius 3 is 2.37 bits per heavy atom. The van der Waals surface area contributed by atoms with E-state index in [0.717, 1.165) is 16.9 Å². The Morgan fingerprint density at radius 2 is 1.80 bits per heavy atom. The molecule has 2 aliphatic rings. The lowest BCUT2D eigenvalue weighted by Gasteiger charge is -2.43. The number of esters is 1. The number of benzene rings is 1. The maximum Gasteiger partial charge on any atom is 0.326 e. The number of hydrogen-bond acceptors (Lipinski definition) is 4. The van der Waals surface area contributed by atoms with Crippen LogP contribution >= 0.6 is 0 Å². The molecule has 6 nitrogen and oxygen atoms in total. The average molecular weight is 415 g/mol. The Morgan fingerprint density at radius 1 is 1.17 bits per heavy atom. The molecular formula is C24H34N2O4. The number of rotatable bonds is 4. The number of nitrogens with zero attached hydrogens (tertiary/aromatic N) is 1. The fraction of sp³-hybridized carbons (Fsp3) is 0.625. The first kappa shape index (κ1) is 22.3. The van der Waals surface area contributed by atoms with Crippen molar-refractivity contribution in [2.45, 2.75) is 78.4 Å². The largest absolute Gasteiger partial charge is 0.459 e. The van der Waals surface area contributed by atoms with Gasteiger partial charge in [0.25, 0.3) is 5.91 Å². The van der Waals surface area contributed by atoms with Crippen LogP contribution in [0.25, 0.3) is 0 Å². The molecule has 1 spiro atoms.